The van der Waals surface area contributed by atoms with Crippen LogP contribution in [-0.2, 0) is 20.9 Å². The van der Waals surface area contributed by atoms with Crippen LogP contribution in [0.5, 0.6) is 0 Å². The number of rotatable bonds is 6. The number of nitrogens with one attached hydrogen (secondary N) is 1. The second-order valence-corrected chi connectivity index (χ2v) is 9.51. The highest BCUT2D eigenvalue weighted by atomic mass is 16.5. The van der Waals surface area contributed by atoms with Crippen molar-refractivity contribution in [3.05, 3.63) is 65.7 Å². The van der Waals surface area contributed by atoms with E-state index in [4.69, 9.17) is 4.74 Å². The Hall–Kier alpha value is -2.86. The van der Waals surface area contributed by atoms with Gasteiger partial charge in [-0.15, -0.1) is 0 Å². The molecule has 2 heterocycles. The summed E-state index contributed by atoms with van der Waals surface area (Å²) >= 11 is 0. The summed E-state index contributed by atoms with van der Waals surface area (Å²) in [5.41, 5.74) is 3.07. The minimum absolute atomic E-state index is 0.00468. The summed E-state index contributed by atoms with van der Waals surface area (Å²) in [6, 6.07) is 18.6. The predicted octanol–water partition coefficient (Wildman–Crippen LogP) is 3.67. The van der Waals surface area contributed by atoms with Gasteiger partial charge in [0.1, 0.15) is 6.54 Å². The number of carbonyl (C=O) groups is 2. The molecule has 0 bridgehead atoms. The number of carbonyl (C=O) groups excluding carboxylic acids is 2. The number of benzene rings is 2. The first kappa shape index (κ1) is 22.0. The van der Waals surface area contributed by atoms with Crippen LogP contribution >= 0.6 is 0 Å². The number of hydrogen-bond donors (Lipinski definition) is 1. The first-order valence-corrected chi connectivity index (χ1v) is 12.2. The van der Waals surface area contributed by atoms with E-state index in [9.17, 15) is 9.59 Å². The number of β-lactam (4-membered cyclic amide) rings is 1. The molecular formula is C27H33N3O3. The molecule has 3 aliphatic rings. The Balaban J connectivity index is 1.20. The van der Waals surface area contributed by atoms with E-state index in [1.807, 2.05) is 18.2 Å². The molecule has 0 aromatic heterocycles. The van der Waals surface area contributed by atoms with Gasteiger partial charge in [0.2, 0.25) is 11.8 Å². The van der Waals surface area contributed by atoms with E-state index in [-0.39, 0.29) is 29.8 Å². The molecule has 1 N–H and O–H groups in total. The SMILES string of the molecule is O=C(CN1C(=O)C2(CCCCC2)C1c1ccccc1)NCc1ccc(N2CCOCC2)cc1. The average molecular weight is 448 g/mol. The van der Waals surface area contributed by atoms with Crippen LogP contribution in [0.1, 0.15) is 49.3 Å². The molecule has 2 amide bonds. The molecule has 33 heavy (non-hydrogen) atoms. The number of anilines is 1. The van der Waals surface area contributed by atoms with Gasteiger partial charge >= 0.3 is 0 Å². The molecule has 1 aliphatic carbocycles. The van der Waals surface area contributed by atoms with Crippen molar-refractivity contribution in [2.24, 2.45) is 5.41 Å². The Bertz CT molecular complexity index is 964. The van der Waals surface area contributed by atoms with Crippen molar-refractivity contribution in [1.29, 1.82) is 0 Å². The van der Waals surface area contributed by atoms with Crippen molar-refractivity contribution in [2.45, 2.75) is 44.7 Å². The Morgan fingerprint density at radius 3 is 2.36 bits per heavy atom. The lowest BCUT2D eigenvalue weighted by molar-refractivity contribution is -0.180. The lowest BCUT2D eigenvalue weighted by Gasteiger charge is -2.58. The molecule has 2 aliphatic heterocycles. The fraction of sp³-hybridized carbons (Fsp3) is 0.481. The molecule has 6 heteroatoms. The number of hydrogen-bond acceptors (Lipinski definition) is 4. The number of ether oxygens (including phenoxy) is 1. The van der Waals surface area contributed by atoms with Gasteiger partial charge < -0.3 is 19.9 Å². The van der Waals surface area contributed by atoms with Gasteiger partial charge in [0.15, 0.2) is 0 Å². The zero-order chi connectivity index (χ0) is 22.7. The molecule has 1 atom stereocenters. The highest BCUT2D eigenvalue weighted by Crippen LogP contribution is 2.57. The minimum Gasteiger partial charge on any atom is -0.378 e. The predicted molar refractivity (Wildman–Crippen MR) is 128 cm³/mol. The van der Waals surface area contributed by atoms with Gasteiger partial charge in [0.25, 0.3) is 0 Å². The van der Waals surface area contributed by atoms with Crippen molar-refractivity contribution in [3.63, 3.8) is 0 Å². The summed E-state index contributed by atoms with van der Waals surface area (Å²) in [6.45, 7) is 3.92. The molecule has 0 radical (unpaired) electrons. The van der Waals surface area contributed by atoms with E-state index in [1.54, 1.807) is 4.90 Å². The zero-order valence-corrected chi connectivity index (χ0v) is 19.2. The molecule has 5 rings (SSSR count). The molecular weight excluding hydrogens is 414 g/mol. The maximum Gasteiger partial charge on any atom is 0.239 e. The highest BCUT2D eigenvalue weighted by Gasteiger charge is 2.60. The van der Waals surface area contributed by atoms with Crippen LogP contribution in [0.2, 0.25) is 0 Å². The Morgan fingerprint density at radius 2 is 1.67 bits per heavy atom. The maximum absolute atomic E-state index is 13.3. The fourth-order valence-electron chi connectivity index (χ4n) is 5.78. The molecule has 6 nitrogen and oxygen atoms in total. The van der Waals surface area contributed by atoms with Crippen LogP contribution in [0.4, 0.5) is 5.69 Å². The van der Waals surface area contributed by atoms with Crippen molar-refractivity contribution in [2.75, 3.05) is 37.7 Å². The van der Waals surface area contributed by atoms with Crippen molar-refractivity contribution in [3.8, 4) is 0 Å². The van der Waals surface area contributed by atoms with Crippen molar-refractivity contribution in [1.82, 2.24) is 10.2 Å². The summed E-state index contributed by atoms with van der Waals surface area (Å²) in [5.74, 6) is 0.0493. The normalized spacial score (nSPS) is 22.2. The van der Waals surface area contributed by atoms with Crippen LogP contribution in [0.3, 0.4) is 0 Å². The third-order valence-corrected chi connectivity index (χ3v) is 7.50. The van der Waals surface area contributed by atoms with E-state index < -0.39 is 0 Å². The molecule has 2 saturated heterocycles. The largest absolute Gasteiger partial charge is 0.378 e. The third-order valence-electron chi connectivity index (χ3n) is 7.50. The molecule has 174 valence electrons. The first-order valence-electron chi connectivity index (χ1n) is 12.2. The summed E-state index contributed by atoms with van der Waals surface area (Å²) in [7, 11) is 0. The van der Waals surface area contributed by atoms with E-state index >= 15 is 0 Å². The number of morpholine rings is 1. The number of likely N-dealkylation sites (tertiary alicyclic amines) is 1. The fourth-order valence-corrected chi connectivity index (χ4v) is 5.78. The summed E-state index contributed by atoms with van der Waals surface area (Å²) in [5, 5.41) is 3.01. The van der Waals surface area contributed by atoms with E-state index in [0.29, 0.717) is 6.54 Å². The lowest BCUT2D eigenvalue weighted by Crippen LogP contribution is -2.65. The first-order chi connectivity index (χ1) is 16.2. The number of nitrogens with zero attached hydrogens (tertiary/aromatic N) is 2. The molecule has 3 fully saturated rings. The van der Waals surface area contributed by atoms with E-state index in [1.165, 1.54) is 12.1 Å². The maximum atomic E-state index is 13.3. The molecule has 2 aromatic rings. The Kier molecular flexibility index (Phi) is 6.36. The van der Waals surface area contributed by atoms with Crippen LogP contribution in [0.15, 0.2) is 54.6 Å². The smallest absolute Gasteiger partial charge is 0.239 e. The van der Waals surface area contributed by atoms with Gasteiger partial charge in [0.05, 0.1) is 24.7 Å². The van der Waals surface area contributed by atoms with Crippen LogP contribution in [-0.4, -0.2) is 49.6 Å². The molecule has 1 unspecified atom stereocenters. The third kappa shape index (κ3) is 4.36. The molecule has 1 saturated carbocycles. The highest BCUT2D eigenvalue weighted by molar-refractivity contribution is 5.94. The monoisotopic (exact) mass is 447 g/mol. The van der Waals surface area contributed by atoms with Gasteiger partial charge in [0, 0.05) is 25.3 Å². The molecule has 2 aromatic carbocycles. The van der Waals surface area contributed by atoms with Crippen LogP contribution in [0.25, 0.3) is 0 Å². The molecule has 1 spiro atoms. The second kappa shape index (κ2) is 9.56. The van der Waals surface area contributed by atoms with Crippen molar-refractivity contribution < 1.29 is 14.3 Å². The van der Waals surface area contributed by atoms with Gasteiger partial charge in [-0.3, -0.25) is 9.59 Å². The minimum atomic E-state index is -0.310. The summed E-state index contributed by atoms with van der Waals surface area (Å²) < 4.78 is 5.42. The number of amides is 2. The quantitative estimate of drug-likeness (QED) is 0.687. The van der Waals surface area contributed by atoms with Gasteiger partial charge in [-0.2, -0.15) is 0 Å². The van der Waals surface area contributed by atoms with Gasteiger partial charge in [-0.25, -0.2) is 0 Å². The topological polar surface area (TPSA) is 61.9 Å². The Morgan fingerprint density at radius 1 is 0.970 bits per heavy atom. The van der Waals surface area contributed by atoms with Crippen LogP contribution in [0, 0.1) is 5.41 Å². The zero-order valence-electron chi connectivity index (χ0n) is 19.2. The average Bonchev–Trinajstić information content (AvgIpc) is 2.89. The van der Waals surface area contributed by atoms with Gasteiger partial charge in [-0.05, 0) is 36.1 Å². The summed E-state index contributed by atoms with van der Waals surface area (Å²) in [6.07, 6.45) is 5.24. The van der Waals surface area contributed by atoms with E-state index in [2.05, 4.69) is 46.6 Å². The Labute approximate surface area is 195 Å². The summed E-state index contributed by atoms with van der Waals surface area (Å²) in [4.78, 5) is 30.2. The second-order valence-electron chi connectivity index (χ2n) is 9.51. The van der Waals surface area contributed by atoms with Crippen molar-refractivity contribution >= 4 is 17.5 Å². The lowest BCUT2D eigenvalue weighted by atomic mass is 9.60. The van der Waals surface area contributed by atoms with Gasteiger partial charge in [-0.1, -0.05) is 61.7 Å². The standard InChI is InChI=1S/C27H33N3O3/c31-24(28-19-21-9-11-23(12-10-21)29-15-17-33-18-16-29)20-30-25(22-7-3-1-4-8-22)27(26(30)32)13-5-2-6-14-27/h1,3-4,7-12,25H,2,5-6,13-20H2,(H,28,31). The van der Waals surface area contributed by atoms with Crippen LogP contribution < -0.4 is 10.2 Å². The van der Waals surface area contributed by atoms with E-state index in [0.717, 1.165) is 63.1 Å².